The summed E-state index contributed by atoms with van der Waals surface area (Å²) in [6.45, 7) is 18.9. The Morgan fingerprint density at radius 2 is 1.67 bits per heavy atom. The van der Waals surface area contributed by atoms with E-state index in [1.807, 2.05) is 6.92 Å². The molecule has 106 valence electrons. The van der Waals surface area contributed by atoms with Crippen LogP contribution in [0.3, 0.4) is 0 Å². The minimum atomic E-state index is -0.770. The maximum absolute atomic E-state index is 10.2. The van der Waals surface area contributed by atoms with E-state index in [-0.39, 0.29) is 10.8 Å². The van der Waals surface area contributed by atoms with Gasteiger partial charge in [0, 0.05) is 0 Å². The van der Waals surface area contributed by atoms with Crippen molar-refractivity contribution in [2.24, 2.45) is 10.8 Å². The predicted octanol–water partition coefficient (Wildman–Crippen LogP) is 5.11. The number of allylic oxidation sites excluding steroid dienone is 2. The fourth-order valence-electron chi connectivity index (χ4n) is 1.98. The monoisotopic (exact) mass is 252 g/mol. The Hall–Kier alpha value is -0.560. The third-order valence-corrected chi connectivity index (χ3v) is 4.16. The second-order valence-corrected chi connectivity index (χ2v) is 7.24. The first kappa shape index (κ1) is 17.4. The predicted molar refractivity (Wildman–Crippen MR) is 81.7 cm³/mol. The molecule has 0 bridgehead atoms. The maximum atomic E-state index is 10.2. The Kier molecular flexibility index (Phi) is 5.87. The van der Waals surface area contributed by atoms with Gasteiger partial charge < -0.3 is 5.11 Å². The summed E-state index contributed by atoms with van der Waals surface area (Å²) in [5.74, 6) is 0. The zero-order valence-corrected chi connectivity index (χ0v) is 13.4. The van der Waals surface area contributed by atoms with Crippen LogP contribution in [-0.2, 0) is 0 Å². The molecule has 0 heterocycles. The van der Waals surface area contributed by atoms with Crippen LogP contribution < -0.4 is 0 Å². The molecule has 18 heavy (non-hydrogen) atoms. The molecule has 0 aromatic rings. The first-order chi connectivity index (χ1) is 7.96. The van der Waals surface area contributed by atoms with E-state index in [0.29, 0.717) is 0 Å². The van der Waals surface area contributed by atoms with Gasteiger partial charge in [-0.3, -0.25) is 0 Å². The van der Waals surface area contributed by atoms with Crippen LogP contribution in [0.4, 0.5) is 0 Å². The van der Waals surface area contributed by atoms with E-state index < -0.39 is 5.60 Å². The quantitative estimate of drug-likeness (QED) is 0.651. The molecule has 2 unspecified atom stereocenters. The summed E-state index contributed by atoms with van der Waals surface area (Å²) >= 11 is 0. The maximum Gasteiger partial charge on any atom is 0.0802 e. The molecule has 0 radical (unpaired) electrons. The minimum Gasteiger partial charge on any atom is -0.386 e. The Morgan fingerprint density at radius 1 is 1.17 bits per heavy atom. The number of aliphatic hydroxyl groups is 1. The molecule has 0 spiro atoms. The fourth-order valence-corrected chi connectivity index (χ4v) is 1.98. The molecule has 1 nitrogen and oxygen atoms in total. The molecular formula is C17H32O. The normalized spacial score (nSPS) is 20.1. The molecule has 0 fully saturated rings. The molecule has 0 rings (SSSR count). The fraction of sp³-hybridized carbons (Fsp3) is 0.765. The lowest BCUT2D eigenvalue weighted by Crippen LogP contribution is -2.30. The number of hydrogen-bond donors (Lipinski definition) is 1. The van der Waals surface area contributed by atoms with Crippen molar-refractivity contribution in [2.45, 2.75) is 73.3 Å². The van der Waals surface area contributed by atoms with Crippen LogP contribution in [0.2, 0.25) is 0 Å². The Labute approximate surface area is 114 Å². The van der Waals surface area contributed by atoms with Gasteiger partial charge >= 0.3 is 0 Å². The summed E-state index contributed by atoms with van der Waals surface area (Å²) in [5, 5.41) is 10.2. The van der Waals surface area contributed by atoms with Gasteiger partial charge in [-0.05, 0) is 37.5 Å². The van der Waals surface area contributed by atoms with E-state index in [1.54, 1.807) is 6.08 Å². The second-order valence-electron chi connectivity index (χ2n) is 7.24. The highest BCUT2D eigenvalue weighted by atomic mass is 16.3. The van der Waals surface area contributed by atoms with Crippen molar-refractivity contribution in [3.63, 3.8) is 0 Å². The lowest BCUT2D eigenvalue weighted by Gasteiger charge is -2.34. The molecule has 0 saturated heterocycles. The zero-order chi connectivity index (χ0) is 14.6. The van der Waals surface area contributed by atoms with Gasteiger partial charge in [0.05, 0.1) is 5.60 Å². The molecule has 0 aliphatic rings. The van der Waals surface area contributed by atoms with Crippen LogP contribution in [0.1, 0.15) is 67.7 Å². The molecule has 1 N–H and O–H groups in total. The Morgan fingerprint density at radius 3 is 2.00 bits per heavy atom. The van der Waals surface area contributed by atoms with Gasteiger partial charge in [0.25, 0.3) is 0 Å². The summed E-state index contributed by atoms with van der Waals surface area (Å²) in [7, 11) is 0. The van der Waals surface area contributed by atoms with E-state index in [9.17, 15) is 5.11 Å². The van der Waals surface area contributed by atoms with Gasteiger partial charge in [0.2, 0.25) is 0 Å². The smallest absolute Gasteiger partial charge is 0.0802 e. The third-order valence-electron chi connectivity index (χ3n) is 4.16. The molecule has 0 aliphatic carbocycles. The number of hydrogen-bond acceptors (Lipinski definition) is 1. The minimum absolute atomic E-state index is 0.129. The van der Waals surface area contributed by atoms with Crippen LogP contribution in [0, 0.1) is 10.8 Å². The van der Waals surface area contributed by atoms with Crippen LogP contribution in [0.5, 0.6) is 0 Å². The lowest BCUT2D eigenvalue weighted by molar-refractivity contribution is 0.0517. The molecular weight excluding hydrogens is 220 g/mol. The van der Waals surface area contributed by atoms with Gasteiger partial charge in [0.1, 0.15) is 0 Å². The van der Waals surface area contributed by atoms with Crippen LogP contribution in [0.15, 0.2) is 24.3 Å². The van der Waals surface area contributed by atoms with Gasteiger partial charge in [-0.15, -0.1) is 6.58 Å². The Balaban J connectivity index is 4.84. The Bertz CT molecular complexity index is 304. The first-order valence-electron chi connectivity index (χ1n) is 6.99. The SMILES string of the molecule is C=CC(C)(O)CC(C)(CC)C/C=C(\C)C(C)(C)C. The van der Waals surface area contributed by atoms with E-state index in [1.165, 1.54) is 5.57 Å². The summed E-state index contributed by atoms with van der Waals surface area (Å²) in [5.41, 5.74) is 1.01. The van der Waals surface area contributed by atoms with Crippen LogP contribution in [-0.4, -0.2) is 10.7 Å². The van der Waals surface area contributed by atoms with Crippen molar-refractivity contribution in [3.8, 4) is 0 Å². The topological polar surface area (TPSA) is 20.2 Å². The first-order valence-corrected chi connectivity index (χ1v) is 6.99. The molecule has 0 aliphatic heterocycles. The highest BCUT2D eigenvalue weighted by Gasteiger charge is 2.30. The van der Waals surface area contributed by atoms with Crippen molar-refractivity contribution in [1.29, 1.82) is 0 Å². The van der Waals surface area contributed by atoms with E-state index in [2.05, 4.69) is 54.2 Å². The third kappa shape index (κ3) is 5.86. The standard InChI is InChI=1S/C17H32O/c1-9-16(7,13-17(8,18)10-2)12-11-14(3)15(4,5)6/h10-11,18H,2,9,12-13H2,1,3-8H3/b14-11+. The van der Waals surface area contributed by atoms with E-state index in [4.69, 9.17) is 0 Å². The molecule has 0 amide bonds. The van der Waals surface area contributed by atoms with Crippen molar-refractivity contribution in [2.75, 3.05) is 0 Å². The van der Waals surface area contributed by atoms with Gasteiger partial charge in [0.15, 0.2) is 0 Å². The molecule has 1 heteroatoms. The van der Waals surface area contributed by atoms with Crippen molar-refractivity contribution in [1.82, 2.24) is 0 Å². The van der Waals surface area contributed by atoms with Gasteiger partial charge in [-0.1, -0.05) is 58.8 Å². The molecule has 2 atom stereocenters. The van der Waals surface area contributed by atoms with Gasteiger partial charge in [-0.25, -0.2) is 0 Å². The lowest BCUT2D eigenvalue weighted by atomic mass is 9.74. The van der Waals surface area contributed by atoms with Gasteiger partial charge in [-0.2, -0.15) is 0 Å². The summed E-state index contributed by atoms with van der Waals surface area (Å²) in [6.07, 6.45) is 6.82. The number of rotatable bonds is 6. The van der Waals surface area contributed by atoms with Crippen LogP contribution in [0.25, 0.3) is 0 Å². The summed E-state index contributed by atoms with van der Waals surface area (Å²) in [4.78, 5) is 0. The highest BCUT2D eigenvalue weighted by Crippen LogP contribution is 2.37. The summed E-state index contributed by atoms with van der Waals surface area (Å²) in [6, 6.07) is 0. The van der Waals surface area contributed by atoms with Crippen molar-refractivity contribution >= 4 is 0 Å². The largest absolute Gasteiger partial charge is 0.386 e. The van der Waals surface area contributed by atoms with E-state index >= 15 is 0 Å². The molecule has 0 aromatic heterocycles. The molecule has 0 aromatic carbocycles. The summed E-state index contributed by atoms with van der Waals surface area (Å²) < 4.78 is 0. The second kappa shape index (κ2) is 6.06. The van der Waals surface area contributed by atoms with Crippen molar-refractivity contribution < 1.29 is 5.11 Å². The zero-order valence-electron chi connectivity index (χ0n) is 13.4. The average Bonchev–Trinajstić information content (AvgIpc) is 2.24. The average molecular weight is 252 g/mol. The van der Waals surface area contributed by atoms with E-state index in [0.717, 1.165) is 19.3 Å². The molecule has 0 saturated carbocycles. The van der Waals surface area contributed by atoms with Crippen molar-refractivity contribution in [3.05, 3.63) is 24.3 Å². The highest BCUT2D eigenvalue weighted by molar-refractivity contribution is 5.09. The van der Waals surface area contributed by atoms with Crippen LogP contribution >= 0.6 is 0 Å².